The van der Waals surface area contributed by atoms with Gasteiger partial charge < -0.3 is 4.90 Å². The molecular weight excluding hydrogens is 508 g/mol. The molecule has 1 unspecified atom stereocenters. The number of nitrogens with one attached hydrogen (secondary N) is 1. The molecule has 0 heterocycles. The van der Waals surface area contributed by atoms with Gasteiger partial charge in [0.05, 0.1) is 5.71 Å². The van der Waals surface area contributed by atoms with Crippen LogP contribution in [0, 0.1) is 19.3 Å². The van der Waals surface area contributed by atoms with Crippen molar-refractivity contribution in [2.45, 2.75) is 93.5 Å². The number of benzene rings is 2. The Balaban J connectivity index is 0.000000673. The molecule has 226 valence electrons. The van der Waals surface area contributed by atoms with Gasteiger partial charge in [-0.1, -0.05) is 94.0 Å². The molecule has 42 heavy (non-hydrogen) atoms. The molecule has 1 atom stereocenters. The zero-order chi connectivity index (χ0) is 32.1. The van der Waals surface area contributed by atoms with Crippen molar-refractivity contribution < 1.29 is 0 Å². The summed E-state index contributed by atoms with van der Waals surface area (Å²) in [6, 6.07) is 13.2. The Morgan fingerprint density at radius 1 is 1.02 bits per heavy atom. The Hall–Kier alpha value is -3.65. The third-order valence-corrected chi connectivity index (χ3v) is 8.00. The van der Waals surface area contributed by atoms with Crippen LogP contribution in [0.5, 0.6) is 0 Å². The van der Waals surface area contributed by atoms with Gasteiger partial charge in [-0.05, 0) is 111 Å². The van der Waals surface area contributed by atoms with Crippen molar-refractivity contribution in [3.05, 3.63) is 136 Å². The number of fused-ring (bicyclic) bond motifs is 1. The van der Waals surface area contributed by atoms with Crippen LogP contribution in [0.1, 0.15) is 101 Å². The Bertz CT molecular complexity index is 1340. The van der Waals surface area contributed by atoms with Crippen molar-refractivity contribution in [2.75, 3.05) is 7.05 Å². The third-order valence-electron chi connectivity index (χ3n) is 8.00. The Morgan fingerprint density at radius 2 is 1.64 bits per heavy atom. The molecule has 0 aliphatic heterocycles. The van der Waals surface area contributed by atoms with Gasteiger partial charge in [-0.3, -0.25) is 5.41 Å². The number of rotatable bonds is 9. The van der Waals surface area contributed by atoms with Crippen molar-refractivity contribution >= 4 is 11.8 Å². The molecule has 0 bridgehead atoms. The first kappa shape index (κ1) is 36.4. The van der Waals surface area contributed by atoms with Crippen molar-refractivity contribution in [1.29, 1.82) is 5.41 Å². The minimum absolute atomic E-state index is 0.441. The molecule has 0 saturated carbocycles. The number of likely N-dealkylation sites (N-methyl/N-ethyl adjacent to an activating group) is 1. The van der Waals surface area contributed by atoms with Gasteiger partial charge in [-0.25, -0.2) is 0 Å². The van der Waals surface area contributed by atoms with E-state index in [0.717, 1.165) is 23.1 Å². The van der Waals surface area contributed by atoms with E-state index in [1.54, 1.807) is 0 Å². The first-order chi connectivity index (χ1) is 19.8. The average Bonchev–Trinajstić information content (AvgIpc) is 2.96. The molecule has 0 fully saturated rings. The predicted molar refractivity (Wildman–Crippen MR) is 190 cm³/mol. The summed E-state index contributed by atoms with van der Waals surface area (Å²) in [5.41, 5.74) is 14.0. The number of aryl methyl sites for hydroxylation is 2. The first-order valence-electron chi connectivity index (χ1n) is 15.2. The molecule has 2 aromatic rings. The Labute approximate surface area is 258 Å². The van der Waals surface area contributed by atoms with Crippen LogP contribution in [0.15, 0.2) is 103 Å². The standard InChI is InChI=1S/C29H42N2.C9H10.C2H4/c1-11-12-22(8)31(10)28(19(4)5)14-13-21(7)25-17-26-24(18(2)3)15-20(6)16-27(26)29(30)23(25)9;1-3-9-7-5-4-6-8(9)2;1-2/h13-16,18,22,30H,7,11-12,17H2,1-6,8-10H3;3-7H,1H2,2H3;1-2H2/b14-13-,30-29?;;. The molecule has 0 spiro atoms. The fourth-order valence-corrected chi connectivity index (χ4v) is 5.38. The van der Waals surface area contributed by atoms with Gasteiger partial charge in [0.25, 0.3) is 0 Å². The predicted octanol–water partition coefficient (Wildman–Crippen LogP) is 11.3. The summed E-state index contributed by atoms with van der Waals surface area (Å²) in [4.78, 5) is 2.38. The van der Waals surface area contributed by atoms with Crippen LogP contribution < -0.4 is 0 Å². The first-order valence-corrected chi connectivity index (χ1v) is 15.2. The molecule has 2 heteroatoms. The fourth-order valence-electron chi connectivity index (χ4n) is 5.38. The van der Waals surface area contributed by atoms with Gasteiger partial charge in [-0.2, -0.15) is 0 Å². The summed E-state index contributed by atoms with van der Waals surface area (Å²) in [7, 11) is 2.18. The summed E-state index contributed by atoms with van der Waals surface area (Å²) >= 11 is 0. The number of allylic oxidation sites excluding steroid dienone is 6. The van der Waals surface area contributed by atoms with Crippen LogP contribution in [0.4, 0.5) is 0 Å². The smallest absolute Gasteiger partial charge is 0.0647 e. The molecule has 0 amide bonds. The lowest BCUT2D eigenvalue weighted by Gasteiger charge is -2.29. The van der Waals surface area contributed by atoms with E-state index in [9.17, 15) is 0 Å². The molecule has 1 aliphatic rings. The summed E-state index contributed by atoms with van der Waals surface area (Å²) in [6.07, 6.45) is 9.45. The lowest BCUT2D eigenvalue weighted by atomic mass is 9.78. The van der Waals surface area contributed by atoms with Gasteiger partial charge >= 0.3 is 0 Å². The zero-order valence-corrected chi connectivity index (χ0v) is 28.2. The molecular formula is C40H56N2. The minimum atomic E-state index is 0.441. The van der Waals surface area contributed by atoms with Crippen molar-refractivity contribution in [3.8, 4) is 0 Å². The zero-order valence-electron chi connectivity index (χ0n) is 28.2. The number of nitrogens with zero attached hydrogens (tertiary/aromatic N) is 1. The van der Waals surface area contributed by atoms with E-state index in [1.807, 2.05) is 18.2 Å². The molecule has 2 nitrogen and oxygen atoms in total. The maximum Gasteiger partial charge on any atom is 0.0647 e. The maximum atomic E-state index is 8.85. The van der Waals surface area contributed by atoms with E-state index in [0.29, 0.717) is 17.7 Å². The normalized spacial score (nSPS) is 13.0. The fraction of sp³-hybridized carbons (Fsp3) is 0.375. The summed E-state index contributed by atoms with van der Waals surface area (Å²) in [6.45, 7) is 33.8. The van der Waals surface area contributed by atoms with Gasteiger partial charge in [-0.15, -0.1) is 13.2 Å². The van der Waals surface area contributed by atoms with Crippen LogP contribution in [0.25, 0.3) is 6.08 Å². The van der Waals surface area contributed by atoms with E-state index in [2.05, 4.69) is 137 Å². The quantitative estimate of drug-likeness (QED) is 0.238. The lowest BCUT2D eigenvalue weighted by molar-refractivity contribution is 0.311. The maximum absolute atomic E-state index is 8.85. The minimum Gasteiger partial charge on any atom is -0.372 e. The van der Waals surface area contributed by atoms with Gasteiger partial charge in [0.1, 0.15) is 0 Å². The second-order valence-electron chi connectivity index (χ2n) is 11.7. The molecule has 0 aromatic heterocycles. The Morgan fingerprint density at radius 3 is 2.14 bits per heavy atom. The largest absolute Gasteiger partial charge is 0.372 e. The summed E-state index contributed by atoms with van der Waals surface area (Å²) < 4.78 is 0. The van der Waals surface area contributed by atoms with E-state index < -0.39 is 0 Å². The highest BCUT2D eigenvalue weighted by Crippen LogP contribution is 2.35. The van der Waals surface area contributed by atoms with Crippen molar-refractivity contribution in [3.63, 3.8) is 0 Å². The van der Waals surface area contributed by atoms with E-state index in [4.69, 9.17) is 5.41 Å². The van der Waals surface area contributed by atoms with E-state index in [1.165, 1.54) is 57.5 Å². The summed E-state index contributed by atoms with van der Waals surface area (Å²) in [5, 5.41) is 8.85. The SMILES string of the molecule is C=C.C=C(/C=C\C(=C(C)C)N(C)C(C)CCC)C1=C(C)C(=N)c2cc(C)cc(C(C)C)c2C1.C=Cc1ccccc1C. The van der Waals surface area contributed by atoms with Gasteiger partial charge in [0, 0.05) is 24.4 Å². The average molecular weight is 565 g/mol. The van der Waals surface area contributed by atoms with Crippen molar-refractivity contribution in [2.24, 2.45) is 0 Å². The summed E-state index contributed by atoms with van der Waals surface area (Å²) in [5.74, 6) is 0.441. The highest BCUT2D eigenvalue weighted by molar-refractivity contribution is 6.13. The second kappa shape index (κ2) is 17.3. The van der Waals surface area contributed by atoms with E-state index in [-0.39, 0.29) is 0 Å². The monoisotopic (exact) mass is 564 g/mol. The molecule has 0 saturated heterocycles. The molecule has 0 radical (unpaired) electrons. The highest BCUT2D eigenvalue weighted by Gasteiger charge is 2.25. The molecule has 2 aromatic carbocycles. The lowest BCUT2D eigenvalue weighted by Crippen LogP contribution is -2.28. The molecule has 1 N–H and O–H groups in total. The molecule has 3 rings (SSSR count). The second-order valence-corrected chi connectivity index (χ2v) is 11.7. The van der Waals surface area contributed by atoms with Crippen LogP contribution in [0.3, 0.4) is 0 Å². The van der Waals surface area contributed by atoms with Crippen LogP contribution >= 0.6 is 0 Å². The van der Waals surface area contributed by atoms with Crippen LogP contribution in [-0.2, 0) is 6.42 Å². The highest BCUT2D eigenvalue weighted by atomic mass is 15.1. The number of hydrogen-bond acceptors (Lipinski definition) is 2. The van der Waals surface area contributed by atoms with E-state index >= 15 is 0 Å². The third kappa shape index (κ3) is 9.44. The number of hydrogen-bond donors (Lipinski definition) is 1. The Kier molecular flexibility index (Phi) is 15.0. The van der Waals surface area contributed by atoms with Gasteiger partial charge in [0.15, 0.2) is 0 Å². The van der Waals surface area contributed by atoms with Crippen LogP contribution in [0.2, 0.25) is 0 Å². The molecule has 1 aliphatic carbocycles. The van der Waals surface area contributed by atoms with Crippen LogP contribution in [-0.4, -0.2) is 23.7 Å². The van der Waals surface area contributed by atoms with Crippen molar-refractivity contribution in [1.82, 2.24) is 4.90 Å². The van der Waals surface area contributed by atoms with Gasteiger partial charge in [0.2, 0.25) is 0 Å². The topological polar surface area (TPSA) is 27.1 Å².